The highest BCUT2D eigenvalue weighted by molar-refractivity contribution is 5.88. The summed E-state index contributed by atoms with van der Waals surface area (Å²) in [5.74, 6) is 0.998. The zero-order valence-electron chi connectivity index (χ0n) is 10.9. The SMILES string of the molecule is CC1(C)CC(Oc2cccc3ccccc23)CN1. The fraction of sp³-hybridized carbons (Fsp3) is 0.375. The third-order valence-electron chi connectivity index (χ3n) is 3.59. The van der Waals surface area contributed by atoms with Crippen LogP contribution < -0.4 is 10.1 Å². The number of hydrogen-bond donors (Lipinski definition) is 1. The van der Waals surface area contributed by atoms with Crippen molar-refractivity contribution in [1.29, 1.82) is 0 Å². The Morgan fingerprint density at radius 2 is 1.89 bits per heavy atom. The molecule has 0 saturated carbocycles. The second-order valence-electron chi connectivity index (χ2n) is 5.69. The summed E-state index contributed by atoms with van der Waals surface area (Å²) < 4.78 is 6.16. The number of hydrogen-bond acceptors (Lipinski definition) is 2. The molecule has 2 aromatic rings. The molecule has 2 heteroatoms. The lowest BCUT2D eigenvalue weighted by molar-refractivity contribution is 0.217. The van der Waals surface area contributed by atoms with Crippen molar-refractivity contribution in [3.63, 3.8) is 0 Å². The Bertz CT molecular complexity index is 557. The Morgan fingerprint density at radius 3 is 2.67 bits per heavy atom. The number of rotatable bonds is 2. The average Bonchev–Trinajstić information content (AvgIpc) is 2.69. The van der Waals surface area contributed by atoms with E-state index in [9.17, 15) is 0 Å². The molecule has 1 aliphatic heterocycles. The van der Waals surface area contributed by atoms with Gasteiger partial charge in [-0.05, 0) is 25.3 Å². The van der Waals surface area contributed by atoms with Crippen molar-refractivity contribution < 1.29 is 4.74 Å². The van der Waals surface area contributed by atoms with Crippen molar-refractivity contribution >= 4 is 10.8 Å². The van der Waals surface area contributed by atoms with Crippen molar-refractivity contribution in [1.82, 2.24) is 5.32 Å². The summed E-state index contributed by atoms with van der Waals surface area (Å²) in [7, 11) is 0. The Hall–Kier alpha value is -1.54. The highest BCUT2D eigenvalue weighted by Crippen LogP contribution is 2.29. The topological polar surface area (TPSA) is 21.3 Å². The Kier molecular flexibility index (Phi) is 2.75. The van der Waals surface area contributed by atoms with Crippen LogP contribution in [0.4, 0.5) is 0 Å². The summed E-state index contributed by atoms with van der Waals surface area (Å²) in [5.41, 5.74) is 0.190. The molecule has 0 radical (unpaired) electrons. The summed E-state index contributed by atoms with van der Waals surface area (Å²) in [5, 5.41) is 5.92. The van der Waals surface area contributed by atoms with E-state index < -0.39 is 0 Å². The molecular weight excluding hydrogens is 222 g/mol. The van der Waals surface area contributed by atoms with Gasteiger partial charge < -0.3 is 10.1 Å². The second-order valence-corrected chi connectivity index (χ2v) is 5.69. The fourth-order valence-electron chi connectivity index (χ4n) is 2.66. The van der Waals surface area contributed by atoms with E-state index in [1.165, 1.54) is 10.8 Å². The van der Waals surface area contributed by atoms with Crippen LogP contribution in [0.3, 0.4) is 0 Å². The zero-order chi connectivity index (χ0) is 12.6. The first-order chi connectivity index (χ1) is 8.64. The molecule has 0 bridgehead atoms. The third-order valence-corrected chi connectivity index (χ3v) is 3.59. The van der Waals surface area contributed by atoms with Gasteiger partial charge in [0.15, 0.2) is 0 Å². The maximum Gasteiger partial charge on any atom is 0.127 e. The van der Waals surface area contributed by atoms with Gasteiger partial charge in [0.2, 0.25) is 0 Å². The summed E-state index contributed by atoms with van der Waals surface area (Å²) in [6.07, 6.45) is 1.32. The van der Waals surface area contributed by atoms with Gasteiger partial charge in [-0.25, -0.2) is 0 Å². The molecule has 0 spiro atoms. The molecule has 1 atom stereocenters. The fourth-order valence-corrected chi connectivity index (χ4v) is 2.66. The van der Waals surface area contributed by atoms with Crippen LogP contribution in [0.5, 0.6) is 5.75 Å². The van der Waals surface area contributed by atoms with Gasteiger partial charge in [0.25, 0.3) is 0 Å². The first kappa shape index (κ1) is 11.5. The first-order valence-electron chi connectivity index (χ1n) is 6.53. The molecule has 18 heavy (non-hydrogen) atoms. The van der Waals surface area contributed by atoms with Gasteiger partial charge in [-0.2, -0.15) is 0 Å². The summed E-state index contributed by atoms with van der Waals surface area (Å²) in [6, 6.07) is 14.6. The van der Waals surface area contributed by atoms with Gasteiger partial charge in [-0.1, -0.05) is 36.4 Å². The number of fused-ring (bicyclic) bond motifs is 1. The largest absolute Gasteiger partial charge is 0.488 e. The van der Waals surface area contributed by atoms with Crippen molar-refractivity contribution in [2.75, 3.05) is 6.54 Å². The van der Waals surface area contributed by atoms with Crippen LogP contribution in [0.2, 0.25) is 0 Å². The number of nitrogens with one attached hydrogen (secondary N) is 1. The van der Waals surface area contributed by atoms with Gasteiger partial charge in [0.05, 0.1) is 0 Å². The Balaban J connectivity index is 1.87. The minimum absolute atomic E-state index is 0.190. The second kappa shape index (κ2) is 4.29. The smallest absolute Gasteiger partial charge is 0.127 e. The minimum Gasteiger partial charge on any atom is -0.488 e. The van der Waals surface area contributed by atoms with Crippen LogP contribution in [0.1, 0.15) is 20.3 Å². The molecule has 1 heterocycles. The first-order valence-corrected chi connectivity index (χ1v) is 6.53. The highest BCUT2D eigenvalue weighted by Gasteiger charge is 2.31. The highest BCUT2D eigenvalue weighted by atomic mass is 16.5. The monoisotopic (exact) mass is 241 g/mol. The van der Waals surface area contributed by atoms with Gasteiger partial charge in [-0.15, -0.1) is 0 Å². The van der Waals surface area contributed by atoms with E-state index in [2.05, 4.69) is 61.6 Å². The number of ether oxygens (including phenoxy) is 1. The molecule has 1 saturated heterocycles. The predicted molar refractivity (Wildman–Crippen MR) is 75.1 cm³/mol. The van der Waals surface area contributed by atoms with Gasteiger partial charge in [0, 0.05) is 23.9 Å². The molecule has 2 aromatic carbocycles. The van der Waals surface area contributed by atoms with E-state index >= 15 is 0 Å². The van der Waals surface area contributed by atoms with E-state index in [1.54, 1.807) is 0 Å². The van der Waals surface area contributed by atoms with Crippen molar-refractivity contribution in [3.8, 4) is 5.75 Å². The quantitative estimate of drug-likeness (QED) is 0.870. The van der Waals surface area contributed by atoms with Crippen LogP contribution in [0.25, 0.3) is 10.8 Å². The summed E-state index contributed by atoms with van der Waals surface area (Å²) in [4.78, 5) is 0. The lowest BCUT2D eigenvalue weighted by Crippen LogP contribution is -2.31. The van der Waals surface area contributed by atoms with E-state index in [0.29, 0.717) is 0 Å². The minimum atomic E-state index is 0.190. The van der Waals surface area contributed by atoms with Crippen LogP contribution in [0.15, 0.2) is 42.5 Å². The number of benzene rings is 2. The molecule has 0 aromatic heterocycles. The van der Waals surface area contributed by atoms with Crippen molar-refractivity contribution in [2.24, 2.45) is 0 Å². The van der Waals surface area contributed by atoms with E-state index in [4.69, 9.17) is 4.74 Å². The molecule has 1 fully saturated rings. The molecule has 3 rings (SSSR count). The molecule has 1 unspecified atom stereocenters. The van der Waals surface area contributed by atoms with Gasteiger partial charge in [-0.3, -0.25) is 0 Å². The normalized spacial score (nSPS) is 22.2. The molecule has 0 amide bonds. The molecule has 94 valence electrons. The van der Waals surface area contributed by atoms with E-state index in [1.807, 2.05) is 0 Å². The molecular formula is C16H19NO. The van der Waals surface area contributed by atoms with Crippen LogP contribution in [-0.2, 0) is 0 Å². The predicted octanol–water partition coefficient (Wildman–Crippen LogP) is 3.36. The van der Waals surface area contributed by atoms with Crippen LogP contribution >= 0.6 is 0 Å². The summed E-state index contributed by atoms with van der Waals surface area (Å²) in [6.45, 7) is 5.37. The van der Waals surface area contributed by atoms with Gasteiger partial charge >= 0.3 is 0 Å². The Labute approximate surface area is 108 Å². The zero-order valence-corrected chi connectivity index (χ0v) is 10.9. The molecule has 2 nitrogen and oxygen atoms in total. The van der Waals surface area contributed by atoms with Crippen molar-refractivity contribution in [3.05, 3.63) is 42.5 Å². The lowest BCUT2D eigenvalue weighted by atomic mass is 10.0. The maximum absolute atomic E-state index is 6.16. The third kappa shape index (κ3) is 2.21. The molecule has 1 N–H and O–H groups in total. The van der Waals surface area contributed by atoms with E-state index in [0.717, 1.165) is 18.7 Å². The molecule has 0 aliphatic carbocycles. The van der Waals surface area contributed by atoms with Crippen molar-refractivity contribution in [2.45, 2.75) is 31.9 Å². The van der Waals surface area contributed by atoms with E-state index in [-0.39, 0.29) is 11.6 Å². The van der Waals surface area contributed by atoms with Crippen LogP contribution in [0, 0.1) is 0 Å². The molecule has 1 aliphatic rings. The Morgan fingerprint density at radius 1 is 1.11 bits per heavy atom. The summed E-state index contributed by atoms with van der Waals surface area (Å²) >= 11 is 0. The average molecular weight is 241 g/mol. The lowest BCUT2D eigenvalue weighted by Gasteiger charge is -2.18. The van der Waals surface area contributed by atoms with Crippen LogP contribution in [-0.4, -0.2) is 18.2 Å². The standard InChI is InChI=1S/C16H19NO/c1-16(2)10-13(11-17-16)18-15-9-5-7-12-6-3-4-8-14(12)15/h3-9,13,17H,10-11H2,1-2H3. The van der Waals surface area contributed by atoms with Gasteiger partial charge in [0.1, 0.15) is 11.9 Å². The maximum atomic E-state index is 6.16.